The smallest absolute Gasteiger partial charge is 0.252 e. The van der Waals surface area contributed by atoms with Crippen LogP contribution in [0.5, 0.6) is 5.75 Å². The van der Waals surface area contributed by atoms with Crippen molar-refractivity contribution < 1.29 is 22.3 Å². The molecule has 1 amide bonds. The first-order chi connectivity index (χ1) is 14.3. The minimum atomic E-state index is -3.11. The number of nitrogens with zero attached hydrogens (tertiary/aromatic N) is 2. The molecule has 0 N–H and O–H groups in total. The maximum atomic E-state index is 13.1. The number of sulfone groups is 1. The number of amidine groups is 1. The van der Waals surface area contributed by atoms with E-state index in [1.54, 1.807) is 19.2 Å². The Labute approximate surface area is 179 Å². The van der Waals surface area contributed by atoms with Crippen LogP contribution in [-0.4, -0.2) is 54.3 Å². The molecule has 9 heteroatoms. The maximum Gasteiger partial charge on any atom is 0.252 e. The average Bonchev–Trinajstić information content (AvgIpc) is 3.16. The fourth-order valence-corrected chi connectivity index (χ4v) is 7.68. The molecule has 0 aromatic heterocycles. The largest absolute Gasteiger partial charge is 0.497 e. The third kappa shape index (κ3) is 4.67. The Bertz CT molecular complexity index is 1090. The molecule has 0 spiro atoms. The van der Waals surface area contributed by atoms with Gasteiger partial charge in [0, 0.05) is 11.8 Å². The summed E-state index contributed by atoms with van der Waals surface area (Å²) in [4.78, 5) is 18.7. The summed E-state index contributed by atoms with van der Waals surface area (Å²) in [5, 5.41) is 0.396. The second-order valence-electron chi connectivity index (χ2n) is 7.37. The van der Waals surface area contributed by atoms with Gasteiger partial charge in [-0.1, -0.05) is 36.0 Å². The van der Waals surface area contributed by atoms with Crippen molar-refractivity contribution in [1.29, 1.82) is 0 Å². The van der Waals surface area contributed by atoms with Gasteiger partial charge in [0.1, 0.15) is 11.6 Å². The highest BCUT2D eigenvalue weighted by Crippen LogP contribution is 2.39. The molecule has 2 aliphatic heterocycles. The predicted molar refractivity (Wildman–Crippen MR) is 115 cm³/mol. The molecule has 2 aromatic rings. The number of halogens is 1. The van der Waals surface area contributed by atoms with Crippen LogP contribution in [0.15, 0.2) is 53.5 Å². The van der Waals surface area contributed by atoms with Gasteiger partial charge in [-0.05, 0) is 35.4 Å². The number of aliphatic imine (C=N–C) groups is 1. The molecule has 0 saturated carbocycles. The minimum absolute atomic E-state index is 0.0554. The van der Waals surface area contributed by atoms with Gasteiger partial charge in [0.25, 0.3) is 5.91 Å². The molecular weight excluding hydrogens is 427 g/mol. The summed E-state index contributed by atoms with van der Waals surface area (Å²) in [7, 11) is -1.52. The number of carbonyl (C=O) groups is 1. The summed E-state index contributed by atoms with van der Waals surface area (Å²) in [6.07, 6.45) is 0.0605. The van der Waals surface area contributed by atoms with Gasteiger partial charge in [-0.3, -0.25) is 4.79 Å². The topological polar surface area (TPSA) is 76.0 Å². The van der Waals surface area contributed by atoms with Crippen molar-refractivity contribution in [3.8, 4) is 5.75 Å². The van der Waals surface area contributed by atoms with Gasteiger partial charge in [-0.25, -0.2) is 12.8 Å². The quantitative estimate of drug-likeness (QED) is 0.700. The lowest BCUT2D eigenvalue weighted by Gasteiger charge is -2.24. The van der Waals surface area contributed by atoms with E-state index in [2.05, 4.69) is 4.99 Å². The number of fused-ring (bicyclic) bond motifs is 1. The van der Waals surface area contributed by atoms with Gasteiger partial charge in [-0.2, -0.15) is 4.99 Å². The standard InChI is InChI=1S/C21H21FN2O4S2/c1-28-17-4-2-3-15(9-17)11-24-18-12-30(26,27)13-19(18)29-21(24)23-20(25)10-14-5-7-16(22)8-6-14/h2-9,18-19H,10-13H2,1H3/t18-,19-/m1/s1. The van der Waals surface area contributed by atoms with Crippen molar-refractivity contribution in [3.63, 3.8) is 0 Å². The highest BCUT2D eigenvalue weighted by molar-refractivity contribution is 8.15. The number of thioether (sulfide) groups is 1. The second kappa shape index (κ2) is 8.39. The molecule has 4 rings (SSSR count). The Morgan fingerprint density at radius 1 is 1.20 bits per heavy atom. The highest BCUT2D eigenvalue weighted by Gasteiger charge is 2.48. The van der Waals surface area contributed by atoms with E-state index >= 15 is 0 Å². The summed E-state index contributed by atoms with van der Waals surface area (Å²) in [5.41, 5.74) is 1.62. The Morgan fingerprint density at radius 2 is 1.97 bits per heavy atom. The first-order valence-electron chi connectivity index (χ1n) is 9.45. The number of benzene rings is 2. The summed E-state index contributed by atoms with van der Waals surface area (Å²) in [6, 6.07) is 13.1. The van der Waals surface area contributed by atoms with E-state index in [0.717, 1.165) is 5.56 Å². The van der Waals surface area contributed by atoms with Gasteiger partial charge < -0.3 is 9.64 Å². The van der Waals surface area contributed by atoms with E-state index in [9.17, 15) is 17.6 Å². The molecule has 2 aromatic carbocycles. The lowest BCUT2D eigenvalue weighted by molar-refractivity contribution is -0.117. The van der Waals surface area contributed by atoms with E-state index in [1.165, 1.54) is 23.9 Å². The van der Waals surface area contributed by atoms with Crippen molar-refractivity contribution in [3.05, 3.63) is 65.5 Å². The van der Waals surface area contributed by atoms with Gasteiger partial charge in [0.15, 0.2) is 15.0 Å². The van der Waals surface area contributed by atoms with Gasteiger partial charge in [0.05, 0.1) is 31.1 Å². The molecule has 2 fully saturated rings. The van der Waals surface area contributed by atoms with Crippen LogP contribution in [0.3, 0.4) is 0 Å². The molecule has 0 unspecified atom stereocenters. The number of amides is 1. The number of ether oxygens (including phenoxy) is 1. The van der Waals surface area contributed by atoms with Crippen LogP contribution < -0.4 is 4.74 Å². The van der Waals surface area contributed by atoms with Crippen LogP contribution in [0, 0.1) is 5.82 Å². The molecule has 2 heterocycles. The molecule has 0 bridgehead atoms. The second-order valence-corrected chi connectivity index (χ2v) is 10.7. The summed E-state index contributed by atoms with van der Waals surface area (Å²) >= 11 is 1.35. The Kier molecular flexibility index (Phi) is 5.84. The molecule has 2 saturated heterocycles. The SMILES string of the molecule is COc1cccc(CN2C(=NC(=O)Cc3ccc(F)cc3)S[C@@H]3CS(=O)(=O)C[C@H]32)c1. The lowest BCUT2D eigenvalue weighted by atomic mass is 10.1. The molecule has 30 heavy (non-hydrogen) atoms. The first-order valence-corrected chi connectivity index (χ1v) is 12.2. The first kappa shape index (κ1) is 20.9. The van der Waals surface area contributed by atoms with Crippen molar-refractivity contribution in [2.24, 2.45) is 4.99 Å². The molecule has 2 atom stereocenters. The predicted octanol–water partition coefficient (Wildman–Crippen LogP) is 2.67. The van der Waals surface area contributed by atoms with E-state index in [1.807, 2.05) is 29.2 Å². The number of hydrogen-bond donors (Lipinski definition) is 0. The summed E-state index contributed by atoms with van der Waals surface area (Å²) in [5.74, 6) is 0.146. The fourth-order valence-electron chi connectivity index (χ4n) is 3.71. The highest BCUT2D eigenvalue weighted by atomic mass is 32.2. The molecule has 6 nitrogen and oxygen atoms in total. The van der Waals surface area contributed by atoms with Crippen LogP contribution in [-0.2, 0) is 27.6 Å². The number of rotatable bonds is 5. The molecule has 0 radical (unpaired) electrons. The number of methoxy groups -OCH3 is 1. The van der Waals surface area contributed by atoms with E-state index in [0.29, 0.717) is 23.0 Å². The van der Waals surface area contributed by atoms with Gasteiger partial charge >= 0.3 is 0 Å². The molecule has 2 aliphatic rings. The van der Waals surface area contributed by atoms with Crippen molar-refractivity contribution in [1.82, 2.24) is 4.90 Å². The average molecular weight is 449 g/mol. The summed E-state index contributed by atoms with van der Waals surface area (Å²) < 4.78 is 42.6. The summed E-state index contributed by atoms with van der Waals surface area (Å²) in [6.45, 7) is 0.434. The van der Waals surface area contributed by atoms with E-state index in [-0.39, 0.29) is 40.9 Å². The van der Waals surface area contributed by atoms with Gasteiger partial charge in [0.2, 0.25) is 0 Å². The Balaban J connectivity index is 1.57. The minimum Gasteiger partial charge on any atom is -0.497 e. The van der Waals surface area contributed by atoms with Crippen LogP contribution in [0.1, 0.15) is 11.1 Å². The molecular formula is C21H21FN2O4S2. The molecule has 0 aliphatic carbocycles. The van der Waals surface area contributed by atoms with Crippen LogP contribution in [0.4, 0.5) is 4.39 Å². The monoisotopic (exact) mass is 448 g/mol. The normalized spacial score (nSPS) is 23.5. The van der Waals surface area contributed by atoms with Crippen LogP contribution in [0.25, 0.3) is 0 Å². The van der Waals surface area contributed by atoms with E-state index < -0.39 is 9.84 Å². The van der Waals surface area contributed by atoms with E-state index in [4.69, 9.17) is 4.74 Å². The molecule has 158 valence electrons. The zero-order valence-electron chi connectivity index (χ0n) is 16.3. The zero-order chi connectivity index (χ0) is 21.3. The maximum absolute atomic E-state index is 13.1. The third-order valence-electron chi connectivity index (χ3n) is 5.15. The van der Waals surface area contributed by atoms with Crippen LogP contribution >= 0.6 is 11.8 Å². The Morgan fingerprint density at radius 3 is 2.70 bits per heavy atom. The zero-order valence-corrected chi connectivity index (χ0v) is 18.0. The van der Waals surface area contributed by atoms with Gasteiger partial charge in [-0.15, -0.1) is 0 Å². The van der Waals surface area contributed by atoms with Crippen molar-refractivity contribution in [2.75, 3.05) is 18.6 Å². The Hall–Kier alpha value is -2.39. The van der Waals surface area contributed by atoms with Crippen LogP contribution in [0.2, 0.25) is 0 Å². The third-order valence-corrected chi connectivity index (χ3v) is 8.40. The number of carbonyl (C=O) groups excluding carboxylic acids is 1. The van der Waals surface area contributed by atoms with Crippen molar-refractivity contribution in [2.45, 2.75) is 24.3 Å². The number of hydrogen-bond acceptors (Lipinski definition) is 5. The lowest BCUT2D eigenvalue weighted by Crippen LogP contribution is -2.37. The van der Waals surface area contributed by atoms with Crippen molar-refractivity contribution >= 4 is 32.7 Å². The fraction of sp³-hybridized carbons (Fsp3) is 0.333.